The van der Waals surface area contributed by atoms with E-state index < -0.39 is 0 Å². The molecule has 134 valence electrons. The second-order valence-electron chi connectivity index (χ2n) is 5.41. The summed E-state index contributed by atoms with van der Waals surface area (Å²) < 4.78 is 3.01. The molecule has 24 heavy (non-hydrogen) atoms. The first kappa shape index (κ1) is 21.2. The van der Waals surface area contributed by atoms with Gasteiger partial charge in [-0.1, -0.05) is 11.6 Å². The van der Waals surface area contributed by atoms with Crippen LogP contribution in [-0.2, 0) is 13.1 Å². The van der Waals surface area contributed by atoms with Crippen LogP contribution in [0, 0.1) is 6.92 Å². The fourth-order valence-corrected chi connectivity index (χ4v) is 3.52. The molecule has 0 aliphatic carbocycles. The van der Waals surface area contributed by atoms with Crippen molar-refractivity contribution in [2.24, 2.45) is 4.99 Å². The highest BCUT2D eigenvalue weighted by molar-refractivity contribution is 14.0. The molecular formula is C16H25ClIN5S. The molecule has 0 spiro atoms. The molecule has 5 nitrogen and oxygen atoms in total. The van der Waals surface area contributed by atoms with Gasteiger partial charge >= 0.3 is 0 Å². The zero-order valence-electron chi connectivity index (χ0n) is 14.3. The van der Waals surface area contributed by atoms with Crippen molar-refractivity contribution in [2.75, 3.05) is 20.6 Å². The van der Waals surface area contributed by atoms with E-state index in [-0.39, 0.29) is 24.0 Å². The number of aliphatic imine (C=N–C) groups is 1. The van der Waals surface area contributed by atoms with Crippen LogP contribution < -0.4 is 5.32 Å². The quantitative estimate of drug-likeness (QED) is 0.281. The molecule has 2 heterocycles. The summed E-state index contributed by atoms with van der Waals surface area (Å²) in [5, 5.41) is 3.41. The average molecular weight is 482 g/mol. The lowest BCUT2D eigenvalue weighted by atomic mass is 10.3. The fourth-order valence-electron chi connectivity index (χ4n) is 2.38. The summed E-state index contributed by atoms with van der Waals surface area (Å²) in [6.45, 7) is 4.77. The fraction of sp³-hybridized carbons (Fsp3) is 0.500. The van der Waals surface area contributed by atoms with E-state index in [4.69, 9.17) is 11.6 Å². The normalized spacial score (nSPS) is 11.2. The van der Waals surface area contributed by atoms with Crippen LogP contribution in [0.2, 0.25) is 4.34 Å². The van der Waals surface area contributed by atoms with E-state index in [9.17, 15) is 0 Å². The Labute approximate surface area is 170 Å². The van der Waals surface area contributed by atoms with Crippen molar-refractivity contribution in [1.82, 2.24) is 19.8 Å². The first-order valence-corrected chi connectivity index (χ1v) is 8.93. The lowest BCUT2D eigenvalue weighted by molar-refractivity contribution is 0.477. The predicted octanol–water partition coefficient (Wildman–Crippen LogP) is 4.01. The van der Waals surface area contributed by atoms with E-state index in [0.29, 0.717) is 0 Å². The highest BCUT2D eigenvalue weighted by Crippen LogP contribution is 2.22. The van der Waals surface area contributed by atoms with Gasteiger partial charge in [0.15, 0.2) is 5.96 Å². The monoisotopic (exact) mass is 481 g/mol. The molecule has 0 aromatic carbocycles. The lowest BCUT2D eigenvalue weighted by Crippen LogP contribution is -2.38. The second-order valence-corrected chi connectivity index (χ2v) is 7.21. The maximum atomic E-state index is 5.98. The third-order valence-electron chi connectivity index (χ3n) is 3.63. The molecule has 2 aromatic rings. The van der Waals surface area contributed by atoms with E-state index in [1.54, 1.807) is 11.3 Å². The van der Waals surface area contributed by atoms with Crippen LogP contribution in [0.25, 0.3) is 0 Å². The van der Waals surface area contributed by atoms with Gasteiger partial charge in [0.2, 0.25) is 0 Å². The van der Waals surface area contributed by atoms with Crippen LogP contribution in [0.15, 0.2) is 29.5 Å². The molecule has 0 bridgehead atoms. The molecule has 0 unspecified atom stereocenters. The molecule has 0 saturated carbocycles. The molecular weight excluding hydrogens is 457 g/mol. The van der Waals surface area contributed by atoms with Crippen LogP contribution in [0.1, 0.15) is 23.5 Å². The van der Waals surface area contributed by atoms with Crippen molar-refractivity contribution in [3.8, 4) is 0 Å². The molecule has 0 atom stereocenters. The van der Waals surface area contributed by atoms with Gasteiger partial charge < -0.3 is 14.8 Å². The Morgan fingerprint density at radius 1 is 1.42 bits per heavy atom. The molecule has 0 aliphatic rings. The minimum Gasteiger partial charge on any atom is -0.356 e. The maximum absolute atomic E-state index is 5.98. The Kier molecular flexibility index (Phi) is 9.68. The van der Waals surface area contributed by atoms with E-state index in [0.717, 1.165) is 48.6 Å². The van der Waals surface area contributed by atoms with Crippen LogP contribution in [0.3, 0.4) is 0 Å². The number of imidazole rings is 1. The summed E-state index contributed by atoms with van der Waals surface area (Å²) in [6.07, 6.45) is 6.09. The number of halogens is 2. The van der Waals surface area contributed by atoms with Crippen molar-refractivity contribution in [1.29, 1.82) is 0 Å². The first-order valence-electron chi connectivity index (χ1n) is 7.74. The number of guanidine groups is 1. The minimum absolute atomic E-state index is 0. The van der Waals surface area contributed by atoms with Gasteiger partial charge in [-0.25, -0.2) is 4.98 Å². The Morgan fingerprint density at radius 2 is 2.21 bits per heavy atom. The number of unbranched alkanes of at least 4 members (excludes halogenated alkanes) is 1. The number of nitrogens with zero attached hydrogens (tertiary/aromatic N) is 4. The average Bonchev–Trinajstić information content (AvgIpc) is 3.11. The van der Waals surface area contributed by atoms with Gasteiger partial charge in [-0.15, -0.1) is 35.3 Å². The molecule has 1 N–H and O–H groups in total. The van der Waals surface area contributed by atoms with Gasteiger partial charge in [0.1, 0.15) is 5.82 Å². The summed E-state index contributed by atoms with van der Waals surface area (Å²) in [5.41, 5.74) is 0. The Bertz CT molecular complexity index is 640. The minimum atomic E-state index is 0. The van der Waals surface area contributed by atoms with Gasteiger partial charge in [-0.3, -0.25) is 4.99 Å². The van der Waals surface area contributed by atoms with Crippen LogP contribution in [0.5, 0.6) is 0 Å². The Hall–Kier alpha value is -0.800. The van der Waals surface area contributed by atoms with E-state index in [1.807, 2.05) is 39.5 Å². The maximum Gasteiger partial charge on any atom is 0.193 e. The molecule has 8 heteroatoms. The smallest absolute Gasteiger partial charge is 0.193 e. The zero-order valence-corrected chi connectivity index (χ0v) is 18.2. The van der Waals surface area contributed by atoms with Crippen molar-refractivity contribution < 1.29 is 0 Å². The van der Waals surface area contributed by atoms with Crippen molar-refractivity contribution in [3.05, 3.63) is 39.6 Å². The first-order chi connectivity index (χ1) is 11.1. The summed E-state index contributed by atoms with van der Waals surface area (Å²) >= 11 is 7.58. The number of hydrogen-bond acceptors (Lipinski definition) is 3. The lowest BCUT2D eigenvalue weighted by Gasteiger charge is -2.21. The van der Waals surface area contributed by atoms with Gasteiger partial charge in [0.25, 0.3) is 0 Å². The zero-order chi connectivity index (χ0) is 16.7. The third kappa shape index (κ3) is 6.60. The highest BCUT2D eigenvalue weighted by Gasteiger charge is 2.07. The highest BCUT2D eigenvalue weighted by atomic mass is 127. The number of aromatic nitrogens is 2. The number of nitrogens with one attached hydrogen (secondary N) is 1. The molecule has 2 rings (SSSR count). The standard InChI is InChI=1S/C16H24ClN5S.HI/c1-13-19-9-11-22(13)10-5-4-8-20-16(18-2)21(3)12-14-6-7-15(17)23-14;/h6-7,9,11H,4-5,8,10,12H2,1-3H3,(H,18,20);1H. The van der Waals surface area contributed by atoms with Gasteiger partial charge in [-0.2, -0.15) is 0 Å². The number of hydrogen-bond donors (Lipinski definition) is 1. The molecule has 0 fully saturated rings. The largest absolute Gasteiger partial charge is 0.356 e. The van der Waals surface area contributed by atoms with Gasteiger partial charge in [-0.05, 0) is 31.9 Å². The molecule has 2 aromatic heterocycles. The van der Waals surface area contributed by atoms with Crippen molar-refractivity contribution in [3.63, 3.8) is 0 Å². The van der Waals surface area contributed by atoms with Crippen LogP contribution in [0.4, 0.5) is 0 Å². The molecule has 0 amide bonds. The number of thiophene rings is 1. The third-order valence-corrected chi connectivity index (χ3v) is 4.84. The van der Waals surface area contributed by atoms with Gasteiger partial charge in [0, 0.05) is 44.5 Å². The molecule has 0 saturated heterocycles. The Balaban J connectivity index is 0.00000288. The summed E-state index contributed by atoms with van der Waals surface area (Å²) in [5.74, 6) is 1.98. The van der Waals surface area contributed by atoms with Crippen molar-refractivity contribution in [2.45, 2.75) is 32.9 Å². The van der Waals surface area contributed by atoms with E-state index in [2.05, 4.69) is 30.8 Å². The summed E-state index contributed by atoms with van der Waals surface area (Å²) in [4.78, 5) is 11.9. The second kappa shape index (κ2) is 10.9. The number of aryl methyl sites for hydroxylation is 2. The predicted molar refractivity (Wildman–Crippen MR) is 114 cm³/mol. The van der Waals surface area contributed by atoms with Gasteiger partial charge in [0.05, 0.1) is 10.9 Å². The SMILES string of the molecule is CN=C(NCCCCn1ccnc1C)N(C)Cc1ccc(Cl)s1.I. The van der Waals surface area contributed by atoms with E-state index in [1.165, 1.54) is 4.88 Å². The molecule has 0 radical (unpaired) electrons. The molecule has 0 aliphatic heterocycles. The van der Waals surface area contributed by atoms with Crippen molar-refractivity contribution >= 4 is 52.9 Å². The van der Waals surface area contributed by atoms with E-state index >= 15 is 0 Å². The van der Waals surface area contributed by atoms with Crippen LogP contribution in [-0.4, -0.2) is 41.1 Å². The van der Waals surface area contributed by atoms with Crippen LogP contribution >= 0.6 is 46.9 Å². The topological polar surface area (TPSA) is 45.5 Å². The Morgan fingerprint density at radius 3 is 2.79 bits per heavy atom. The summed E-state index contributed by atoms with van der Waals surface area (Å²) in [6, 6.07) is 3.99. The summed E-state index contributed by atoms with van der Waals surface area (Å²) in [7, 11) is 3.85. The number of rotatable bonds is 7.